The molecule has 1 heterocycles. The summed E-state index contributed by atoms with van der Waals surface area (Å²) in [4.78, 5) is 20.9. The molecule has 0 bridgehead atoms. The summed E-state index contributed by atoms with van der Waals surface area (Å²) in [5, 5.41) is 11.2. The van der Waals surface area contributed by atoms with Crippen molar-refractivity contribution in [3.8, 4) is 22.8 Å². The molecule has 8 heteroatoms. The summed E-state index contributed by atoms with van der Waals surface area (Å²) in [5.74, 6) is 2.50. The molecule has 0 radical (unpaired) electrons. The number of aromatic nitrogens is 3. The number of methoxy groups -OCH3 is 1. The van der Waals surface area contributed by atoms with Crippen LogP contribution in [0.4, 0.5) is 5.69 Å². The number of nitrogens with zero attached hydrogens (tertiary/aromatic N) is 3. The van der Waals surface area contributed by atoms with Crippen molar-refractivity contribution in [1.82, 2.24) is 15.2 Å². The molecule has 1 aliphatic carbocycles. The fraction of sp³-hybridized carbons (Fsp3) is 0.412. The van der Waals surface area contributed by atoms with Crippen molar-refractivity contribution in [3.05, 3.63) is 74.8 Å². The summed E-state index contributed by atoms with van der Waals surface area (Å²) < 4.78 is 12.1. The van der Waals surface area contributed by atoms with Crippen molar-refractivity contribution in [1.29, 1.82) is 0 Å². The van der Waals surface area contributed by atoms with Crippen molar-refractivity contribution in [2.75, 3.05) is 13.7 Å². The van der Waals surface area contributed by atoms with E-state index in [0.717, 1.165) is 70.5 Å². The SMILES string of the molecule is CCC(C)c1c(Cl)cc(CCOc2ccc3ccc(-c4nnc(C(C)C)[nH]c4=O)cc3c2N=C2CCCC2)cc1OC. The Labute approximate surface area is 252 Å². The molecule has 42 heavy (non-hydrogen) atoms. The van der Waals surface area contributed by atoms with Crippen LogP contribution in [0, 0.1) is 0 Å². The van der Waals surface area contributed by atoms with Crippen LogP contribution in [-0.2, 0) is 6.42 Å². The molecular weight excluding hydrogens is 548 g/mol. The van der Waals surface area contributed by atoms with E-state index in [2.05, 4.69) is 35.1 Å². The molecule has 0 aliphatic heterocycles. The number of halogens is 1. The highest BCUT2D eigenvalue weighted by atomic mass is 35.5. The lowest BCUT2D eigenvalue weighted by atomic mass is 9.95. The number of aromatic amines is 1. The highest BCUT2D eigenvalue weighted by Crippen LogP contribution is 2.40. The van der Waals surface area contributed by atoms with Gasteiger partial charge in [0.25, 0.3) is 5.56 Å². The summed E-state index contributed by atoms with van der Waals surface area (Å²) >= 11 is 6.70. The molecule has 4 aromatic rings. The van der Waals surface area contributed by atoms with Crippen molar-refractivity contribution in [2.45, 2.75) is 78.1 Å². The Morgan fingerprint density at radius 1 is 1.02 bits per heavy atom. The van der Waals surface area contributed by atoms with Crippen molar-refractivity contribution in [3.63, 3.8) is 0 Å². The minimum Gasteiger partial charge on any atom is -0.496 e. The molecule has 7 nitrogen and oxygen atoms in total. The highest BCUT2D eigenvalue weighted by Gasteiger charge is 2.18. The van der Waals surface area contributed by atoms with Gasteiger partial charge in [0.1, 0.15) is 23.0 Å². The van der Waals surface area contributed by atoms with E-state index in [4.69, 9.17) is 26.1 Å². The summed E-state index contributed by atoms with van der Waals surface area (Å²) in [6.07, 6.45) is 5.91. The van der Waals surface area contributed by atoms with Gasteiger partial charge in [0.2, 0.25) is 0 Å². The van der Waals surface area contributed by atoms with Gasteiger partial charge < -0.3 is 14.5 Å². The van der Waals surface area contributed by atoms with Gasteiger partial charge in [0.05, 0.1) is 13.7 Å². The summed E-state index contributed by atoms with van der Waals surface area (Å²) in [6, 6.07) is 14.0. The molecule has 1 aromatic heterocycles. The van der Waals surface area contributed by atoms with E-state index in [9.17, 15) is 4.79 Å². The molecule has 1 aliphatic rings. The lowest BCUT2D eigenvalue weighted by Gasteiger charge is -2.18. The number of fused-ring (bicyclic) bond motifs is 1. The minimum atomic E-state index is -0.252. The predicted octanol–water partition coefficient (Wildman–Crippen LogP) is 8.55. The molecule has 1 N–H and O–H groups in total. The van der Waals surface area contributed by atoms with Crippen molar-refractivity contribution in [2.24, 2.45) is 4.99 Å². The van der Waals surface area contributed by atoms with Crippen LogP contribution in [-0.4, -0.2) is 34.6 Å². The van der Waals surface area contributed by atoms with Crippen LogP contribution in [0.15, 0.2) is 52.3 Å². The fourth-order valence-corrected chi connectivity index (χ4v) is 5.85. The largest absolute Gasteiger partial charge is 0.496 e. The lowest BCUT2D eigenvalue weighted by Crippen LogP contribution is -2.17. The number of hydrogen-bond acceptors (Lipinski definition) is 6. The number of nitrogens with one attached hydrogen (secondary N) is 1. The van der Waals surface area contributed by atoms with Crippen LogP contribution in [0.2, 0.25) is 5.02 Å². The second kappa shape index (κ2) is 13.1. The van der Waals surface area contributed by atoms with Crippen molar-refractivity contribution >= 4 is 33.8 Å². The monoisotopic (exact) mass is 586 g/mol. The zero-order chi connectivity index (χ0) is 29.8. The normalized spacial score (nSPS) is 14.0. The first-order chi connectivity index (χ1) is 20.3. The molecule has 1 atom stereocenters. The Morgan fingerprint density at radius 3 is 2.48 bits per heavy atom. The molecular formula is C34H39ClN4O3. The topological polar surface area (TPSA) is 89.5 Å². The lowest BCUT2D eigenvalue weighted by molar-refractivity contribution is 0.323. The minimum absolute atomic E-state index is 0.0827. The molecule has 220 valence electrons. The van der Waals surface area contributed by atoms with E-state index < -0.39 is 0 Å². The molecule has 1 fully saturated rings. The first-order valence-electron chi connectivity index (χ1n) is 14.9. The summed E-state index contributed by atoms with van der Waals surface area (Å²) in [7, 11) is 1.69. The summed E-state index contributed by atoms with van der Waals surface area (Å²) in [5.41, 5.74) is 4.80. The number of benzene rings is 3. The zero-order valence-electron chi connectivity index (χ0n) is 25.1. The molecule has 1 saturated carbocycles. The Hall–Kier alpha value is -3.71. The first-order valence-corrected chi connectivity index (χ1v) is 15.3. The number of hydrogen-bond donors (Lipinski definition) is 1. The Bertz CT molecular complexity index is 1670. The highest BCUT2D eigenvalue weighted by molar-refractivity contribution is 6.31. The third-order valence-electron chi connectivity index (χ3n) is 8.07. The molecule has 0 amide bonds. The molecule has 1 unspecified atom stereocenters. The maximum absolute atomic E-state index is 12.9. The van der Waals surface area contributed by atoms with Crippen LogP contribution in [0.25, 0.3) is 22.0 Å². The first kappa shape index (κ1) is 29.8. The third-order valence-corrected chi connectivity index (χ3v) is 8.38. The quantitative estimate of drug-likeness (QED) is 0.201. The van der Waals surface area contributed by atoms with E-state index in [1.54, 1.807) is 7.11 Å². The Kier molecular flexibility index (Phi) is 9.27. The Balaban J connectivity index is 1.48. The van der Waals surface area contributed by atoms with E-state index in [0.29, 0.717) is 41.8 Å². The number of H-pyrrole nitrogens is 1. The second-order valence-corrected chi connectivity index (χ2v) is 11.8. The van der Waals surface area contributed by atoms with Crippen LogP contribution in [0.3, 0.4) is 0 Å². The molecule has 0 saturated heterocycles. The van der Waals surface area contributed by atoms with Crippen LogP contribution >= 0.6 is 11.6 Å². The molecule has 5 rings (SSSR count). The van der Waals surface area contributed by atoms with Crippen LogP contribution in [0.5, 0.6) is 11.5 Å². The van der Waals surface area contributed by atoms with E-state index in [-0.39, 0.29) is 11.5 Å². The average Bonchev–Trinajstić information content (AvgIpc) is 3.50. The van der Waals surface area contributed by atoms with Crippen LogP contribution < -0.4 is 15.0 Å². The molecule has 3 aromatic carbocycles. The van der Waals surface area contributed by atoms with Gasteiger partial charge in [-0.1, -0.05) is 57.5 Å². The van der Waals surface area contributed by atoms with Gasteiger partial charge in [-0.2, -0.15) is 0 Å². The van der Waals surface area contributed by atoms with Gasteiger partial charge in [-0.15, -0.1) is 10.2 Å². The standard InChI is InChI=1S/C34H39ClN4O3/c1-6-21(4)30-27(35)17-22(18-29(30)41-5)15-16-42-28-14-13-23-11-12-24(31-34(40)37-33(20(2)3)39-38-31)19-26(23)32(28)36-25-9-7-8-10-25/h11-14,17-21H,6-10,15-16H2,1-5H3,(H,37,39,40). The third kappa shape index (κ3) is 6.36. The predicted molar refractivity (Wildman–Crippen MR) is 171 cm³/mol. The Morgan fingerprint density at radius 2 is 1.79 bits per heavy atom. The maximum atomic E-state index is 12.9. The molecule has 0 spiro atoms. The van der Waals surface area contributed by atoms with Gasteiger partial charge in [0.15, 0.2) is 5.69 Å². The second-order valence-electron chi connectivity index (χ2n) is 11.4. The van der Waals surface area contributed by atoms with E-state index >= 15 is 0 Å². The fourth-order valence-electron chi connectivity index (χ4n) is 5.43. The number of aliphatic imine (C=N–C) groups is 1. The van der Waals surface area contributed by atoms with Gasteiger partial charge >= 0.3 is 0 Å². The van der Waals surface area contributed by atoms with Gasteiger partial charge in [-0.3, -0.25) is 9.79 Å². The van der Waals surface area contributed by atoms with E-state index in [1.807, 2.05) is 50.2 Å². The number of rotatable bonds is 10. The van der Waals surface area contributed by atoms with E-state index in [1.165, 1.54) is 5.71 Å². The van der Waals surface area contributed by atoms with Gasteiger partial charge in [-0.25, -0.2) is 0 Å². The zero-order valence-corrected chi connectivity index (χ0v) is 25.8. The van der Waals surface area contributed by atoms with Crippen LogP contribution in [0.1, 0.15) is 88.6 Å². The number of ether oxygens (including phenoxy) is 2. The maximum Gasteiger partial charge on any atom is 0.277 e. The van der Waals surface area contributed by atoms with Gasteiger partial charge in [-0.05, 0) is 73.2 Å². The van der Waals surface area contributed by atoms with Gasteiger partial charge in [0, 0.05) is 39.6 Å². The summed E-state index contributed by atoms with van der Waals surface area (Å²) in [6.45, 7) is 8.70. The van der Waals surface area contributed by atoms with Crippen molar-refractivity contribution < 1.29 is 9.47 Å². The smallest absolute Gasteiger partial charge is 0.277 e. The average molecular weight is 587 g/mol.